The number of nitrogens with one attached hydrogen (secondary N) is 1. The number of hydrogen-bond acceptors (Lipinski definition) is 3. The van der Waals surface area contributed by atoms with Crippen LogP contribution in [0.1, 0.15) is 25.3 Å². The molecule has 0 aromatic heterocycles. The van der Waals surface area contributed by atoms with Crippen molar-refractivity contribution in [3.8, 4) is 0 Å². The molecular weight excluding hydrogens is 280 g/mol. The van der Waals surface area contributed by atoms with Crippen LogP contribution in [0.25, 0.3) is 0 Å². The van der Waals surface area contributed by atoms with Crippen molar-refractivity contribution in [1.82, 2.24) is 4.90 Å². The average Bonchev–Trinajstić information content (AvgIpc) is 2.56. The van der Waals surface area contributed by atoms with Crippen LogP contribution in [0.5, 0.6) is 0 Å². The number of likely N-dealkylation sites (tertiary alicyclic amines) is 1. The molecule has 120 valence electrons. The molecule has 0 bridgehead atoms. The van der Waals surface area contributed by atoms with Crippen molar-refractivity contribution in [3.63, 3.8) is 0 Å². The number of hydrogen-bond donors (Lipinski definition) is 1. The zero-order valence-electron chi connectivity index (χ0n) is 13.3. The maximum atomic E-state index is 12.3. The van der Waals surface area contributed by atoms with Crippen LogP contribution >= 0.6 is 0 Å². The summed E-state index contributed by atoms with van der Waals surface area (Å²) in [4.78, 5) is 25.8. The van der Waals surface area contributed by atoms with Gasteiger partial charge in [0.1, 0.15) is 6.61 Å². The fourth-order valence-electron chi connectivity index (χ4n) is 2.67. The highest BCUT2D eigenvalue weighted by Crippen LogP contribution is 2.20. The Bertz CT molecular complexity index is 505. The van der Waals surface area contributed by atoms with Crippen LogP contribution in [0.15, 0.2) is 24.3 Å². The van der Waals surface area contributed by atoms with E-state index in [0.29, 0.717) is 25.9 Å². The van der Waals surface area contributed by atoms with Gasteiger partial charge in [0, 0.05) is 31.8 Å². The van der Waals surface area contributed by atoms with Gasteiger partial charge in [-0.05, 0) is 37.0 Å². The highest BCUT2D eigenvalue weighted by Gasteiger charge is 2.27. The molecule has 1 aliphatic heterocycles. The largest absolute Gasteiger partial charge is 0.375 e. The van der Waals surface area contributed by atoms with E-state index in [-0.39, 0.29) is 24.3 Å². The second-order valence-electron chi connectivity index (χ2n) is 5.63. The van der Waals surface area contributed by atoms with Gasteiger partial charge in [-0.25, -0.2) is 0 Å². The van der Waals surface area contributed by atoms with Crippen molar-refractivity contribution >= 4 is 17.5 Å². The lowest BCUT2D eigenvalue weighted by molar-refractivity contribution is -0.138. The molecule has 0 radical (unpaired) electrons. The van der Waals surface area contributed by atoms with E-state index < -0.39 is 0 Å². The third-order valence-corrected chi connectivity index (χ3v) is 4.12. The van der Waals surface area contributed by atoms with Crippen molar-refractivity contribution in [2.45, 2.75) is 26.2 Å². The molecule has 1 heterocycles. The van der Waals surface area contributed by atoms with E-state index in [0.717, 1.165) is 12.1 Å². The number of carbonyl (C=O) groups is 2. The summed E-state index contributed by atoms with van der Waals surface area (Å²) in [6.45, 7) is 3.46. The molecule has 2 rings (SSSR count). The number of amides is 2. The van der Waals surface area contributed by atoms with Crippen LogP contribution in [0.3, 0.4) is 0 Å². The predicted octanol–water partition coefficient (Wildman–Crippen LogP) is 2.07. The number of aryl methyl sites for hydroxylation is 1. The van der Waals surface area contributed by atoms with Crippen LogP contribution in [0, 0.1) is 5.92 Å². The number of carbonyl (C=O) groups excluding carboxylic acids is 2. The smallest absolute Gasteiger partial charge is 0.248 e. The summed E-state index contributed by atoms with van der Waals surface area (Å²) in [5.74, 6) is 0.0112. The van der Waals surface area contributed by atoms with Gasteiger partial charge in [-0.1, -0.05) is 19.1 Å². The highest BCUT2D eigenvalue weighted by atomic mass is 16.5. The Hall–Kier alpha value is -1.88. The molecule has 0 spiro atoms. The van der Waals surface area contributed by atoms with E-state index in [1.54, 1.807) is 4.90 Å². The molecule has 1 aromatic carbocycles. The molecule has 2 amide bonds. The molecule has 0 atom stereocenters. The summed E-state index contributed by atoms with van der Waals surface area (Å²) in [7, 11) is 1.52. The third kappa shape index (κ3) is 4.31. The maximum absolute atomic E-state index is 12.3. The Morgan fingerprint density at radius 1 is 1.23 bits per heavy atom. The zero-order valence-corrected chi connectivity index (χ0v) is 13.3. The molecule has 0 saturated carbocycles. The van der Waals surface area contributed by atoms with E-state index >= 15 is 0 Å². The van der Waals surface area contributed by atoms with E-state index in [1.165, 1.54) is 12.7 Å². The summed E-state index contributed by atoms with van der Waals surface area (Å²) in [6, 6.07) is 7.94. The van der Waals surface area contributed by atoms with E-state index in [9.17, 15) is 9.59 Å². The number of rotatable bonds is 5. The first kappa shape index (κ1) is 16.5. The maximum Gasteiger partial charge on any atom is 0.248 e. The Morgan fingerprint density at radius 2 is 1.86 bits per heavy atom. The summed E-state index contributed by atoms with van der Waals surface area (Å²) in [6.07, 6.45) is 2.39. The van der Waals surface area contributed by atoms with Crippen molar-refractivity contribution in [2.75, 3.05) is 32.1 Å². The predicted molar refractivity (Wildman–Crippen MR) is 85.6 cm³/mol. The van der Waals surface area contributed by atoms with Gasteiger partial charge in [-0.15, -0.1) is 0 Å². The minimum atomic E-state index is -0.0301. The minimum Gasteiger partial charge on any atom is -0.375 e. The van der Waals surface area contributed by atoms with E-state index in [2.05, 4.69) is 12.2 Å². The number of methoxy groups -OCH3 is 1. The molecule has 1 fully saturated rings. The van der Waals surface area contributed by atoms with Gasteiger partial charge >= 0.3 is 0 Å². The second-order valence-corrected chi connectivity index (χ2v) is 5.63. The van der Waals surface area contributed by atoms with Crippen LogP contribution < -0.4 is 5.32 Å². The molecule has 1 aliphatic rings. The first-order valence-electron chi connectivity index (χ1n) is 7.80. The summed E-state index contributed by atoms with van der Waals surface area (Å²) >= 11 is 0. The van der Waals surface area contributed by atoms with Gasteiger partial charge in [-0.3, -0.25) is 9.59 Å². The Balaban J connectivity index is 1.83. The van der Waals surface area contributed by atoms with Gasteiger partial charge in [0.05, 0.1) is 0 Å². The number of anilines is 1. The quantitative estimate of drug-likeness (QED) is 0.906. The topological polar surface area (TPSA) is 58.6 Å². The average molecular weight is 304 g/mol. The fraction of sp³-hybridized carbons (Fsp3) is 0.529. The van der Waals surface area contributed by atoms with Crippen molar-refractivity contribution in [3.05, 3.63) is 29.8 Å². The lowest BCUT2D eigenvalue weighted by Crippen LogP contribution is -2.42. The van der Waals surface area contributed by atoms with Crippen LogP contribution in [0.2, 0.25) is 0 Å². The molecule has 0 aliphatic carbocycles. The molecule has 1 N–H and O–H groups in total. The Morgan fingerprint density at radius 3 is 2.41 bits per heavy atom. The van der Waals surface area contributed by atoms with Gasteiger partial charge < -0.3 is 15.0 Å². The molecule has 1 saturated heterocycles. The fourth-order valence-corrected chi connectivity index (χ4v) is 2.67. The van der Waals surface area contributed by atoms with Gasteiger partial charge in [-0.2, -0.15) is 0 Å². The van der Waals surface area contributed by atoms with Crippen molar-refractivity contribution in [2.24, 2.45) is 5.92 Å². The molecule has 5 heteroatoms. The molecular formula is C17H24N2O3. The zero-order chi connectivity index (χ0) is 15.9. The monoisotopic (exact) mass is 304 g/mol. The van der Waals surface area contributed by atoms with Crippen molar-refractivity contribution < 1.29 is 14.3 Å². The van der Waals surface area contributed by atoms with Gasteiger partial charge in [0.15, 0.2) is 0 Å². The minimum absolute atomic E-state index is 0.00323. The number of nitrogens with zero attached hydrogens (tertiary/aromatic N) is 1. The van der Waals surface area contributed by atoms with Gasteiger partial charge in [0.25, 0.3) is 0 Å². The Kier molecular flexibility index (Phi) is 5.95. The number of piperidine rings is 1. The lowest BCUT2D eigenvalue weighted by atomic mass is 9.95. The van der Waals surface area contributed by atoms with E-state index in [1.807, 2.05) is 24.3 Å². The van der Waals surface area contributed by atoms with Gasteiger partial charge in [0.2, 0.25) is 11.8 Å². The third-order valence-electron chi connectivity index (χ3n) is 4.12. The first-order chi connectivity index (χ1) is 10.6. The first-order valence-corrected chi connectivity index (χ1v) is 7.80. The van der Waals surface area contributed by atoms with Crippen LogP contribution in [-0.2, 0) is 20.7 Å². The molecule has 1 aromatic rings. The molecule has 5 nitrogen and oxygen atoms in total. The Labute approximate surface area is 131 Å². The standard InChI is InChI=1S/C17H24N2O3/c1-3-13-4-6-15(7-5-13)18-17(21)14-8-10-19(11-9-14)16(20)12-22-2/h4-7,14H,3,8-12H2,1-2H3,(H,18,21). The summed E-state index contributed by atoms with van der Waals surface area (Å²) < 4.78 is 4.86. The highest BCUT2D eigenvalue weighted by molar-refractivity contribution is 5.92. The number of ether oxygens (including phenoxy) is 1. The normalized spacial score (nSPS) is 15.6. The summed E-state index contributed by atoms with van der Waals surface area (Å²) in [5.41, 5.74) is 2.09. The van der Waals surface area contributed by atoms with Crippen molar-refractivity contribution in [1.29, 1.82) is 0 Å². The van der Waals surface area contributed by atoms with Crippen LogP contribution in [-0.4, -0.2) is 43.5 Å². The summed E-state index contributed by atoms with van der Waals surface area (Å²) in [5, 5.41) is 2.97. The molecule has 22 heavy (non-hydrogen) atoms. The lowest BCUT2D eigenvalue weighted by Gasteiger charge is -2.31. The SMILES string of the molecule is CCc1ccc(NC(=O)C2CCN(C(=O)COC)CC2)cc1. The molecule has 0 unspecified atom stereocenters. The second kappa shape index (κ2) is 7.94. The van der Waals surface area contributed by atoms with E-state index in [4.69, 9.17) is 4.74 Å². The van der Waals surface area contributed by atoms with Crippen LogP contribution in [0.4, 0.5) is 5.69 Å². The number of benzene rings is 1.